The normalized spacial score (nSPS) is 21.8. The lowest BCUT2D eigenvalue weighted by Crippen LogP contribution is -2.41. The third-order valence-corrected chi connectivity index (χ3v) is 5.18. The molecule has 2 aliphatic heterocycles. The molecule has 0 amide bonds. The molecule has 1 unspecified atom stereocenters. The molecule has 6 heteroatoms. The number of nitrogens with one attached hydrogen (secondary N) is 1. The van der Waals surface area contributed by atoms with Crippen LogP contribution in [0.15, 0.2) is 29.3 Å². The molecule has 3 rings (SSSR count). The van der Waals surface area contributed by atoms with E-state index in [9.17, 15) is 0 Å². The van der Waals surface area contributed by atoms with Gasteiger partial charge < -0.3 is 19.7 Å². The summed E-state index contributed by atoms with van der Waals surface area (Å²) in [6, 6.07) is 8.68. The minimum Gasteiger partial charge on any atom is -0.381 e. The number of benzene rings is 1. The second kappa shape index (κ2) is 9.90. The van der Waals surface area contributed by atoms with Crippen molar-refractivity contribution in [3.05, 3.63) is 35.4 Å². The predicted octanol–water partition coefficient (Wildman–Crippen LogP) is 1.56. The van der Waals surface area contributed by atoms with Crippen LogP contribution in [0.5, 0.6) is 0 Å². The van der Waals surface area contributed by atoms with Gasteiger partial charge in [0.05, 0.1) is 19.8 Å². The molecule has 2 aliphatic rings. The van der Waals surface area contributed by atoms with Crippen LogP contribution >= 0.6 is 0 Å². The Morgan fingerprint density at radius 3 is 2.65 bits per heavy atom. The van der Waals surface area contributed by atoms with E-state index >= 15 is 0 Å². The third kappa shape index (κ3) is 5.43. The standard InChI is InChI=1S/C20H32N4O2/c1-21-20(23(2)14-17-7-10-26-16-17)22-13-18-5-3-4-6-19(18)15-24-8-11-25-12-9-24/h3-6,17H,7-16H2,1-2H3,(H,21,22). The lowest BCUT2D eigenvalue weighted by atomic mass is 10.1. The smallest absolute Gasteiger partial charge is 0.193 e. The van der Waals surface area contributed by atoms with E-state index in [1.165, 1.54) is 11.1 Å². The quantitative estimate of drug-likeness (QED) is 0.616. The largest absolute Gasteiger partial charge is 0.381 e. The van der Waals surface area contributed by atoms with Crippen molar-refractivity contribution in [2.24, 2.45) is 10.9 Å². The molecule has 26 heavy (non-hydrogen) atoms. The van der Waals surface area contributed by atoms with E-state index in [1.807, 2.05) is 7.05 Å². The zero-order valence-corrected chi connectivity index (χ0v) is 16.1. The van der Waals surface area contributed by atoms with Gasteiger partial charge in [0.1, 0.15) is 0 Å². The van der Waals surface area contributed by atoms with Crippen LogP contribution in [0.25, 0.3) is 0 Å². The molecule has 1 aromatic rings. The van der Waals surface area contributed by atoms with Crippen LogP contribution in [0.3, 0.4) is 0 Å². The highest BCUT2D eigenvalue weighted by Gasteiger charge is 2.19. The van der Waals surface area contributed by atoms with E-state index in [4.69, 9.17) is 9.47 Å². The Labute approximate surface area is 157 Å². The van der Waals surface area contributed by atoms with E-state index in [0.29, 0.717) is 5.92 Å². The number of rotatable bonds is 6. The van der Waals surface area contributed by atoms with Crippen LogP contribution in [-0.4, -0.2) is 75.9 Å². The van der Waals surface area contributed by atoms with Gasteiger partial charge in [0.15, 0.2) is 5.96 Å². The predicted molar refractivity (Wildman–Crippen MR) is 104 cm³/mol. The third-order valence-electron chi connectivity index (χ3n) is 5.18. The van der Waals surface area contributed by atoms with Gasteiger partial charge in [-0.25, -0.2) is 0 Å². The highest BCUT2D eigenvalue weighted by Crippen LogP contribution is 2.15. The summed E-state index contributed by atoms with van der Waals surface area (Å²) >= 11 is 0. The molecule has 0 bridgehead atoms. The van der Waals surface area contributed by atoms with Gasteiger partial charge in [0.2, 0.25) is 0 Å². The van der Waals surface area contributed by atoms with Crippen molar-refractivity contribution < 1.29 is 9.47 Å². The van der Waals surface area contributed by atoms with Gasteiger partial charge in [-0.15, -0.1) is 0 Å². The summed E-state index contributed by atoms with van der Waals surface area (Å²) in [5.74, 6) is 1.55. The fraction of sp³-hybridized carbons (Fsp3) is 0.650. The van der Waals surface area contributed by atoms with E-state index in [0.717, 1.165) is 71.5 Å². The highest BCUT2D eigenvalue weighted by molar-refractivity contribution is 5.79. The highest BCUT2D eigenvalue weighted by atomic mass is 16.5. The van der Waals surface area contributed by atoms with Crippen molar-refractivity contribution >= 4 is 5.96 Å². The van der Waals surface area contributed by atoms with Crippen molar-refractivity contribution in [2.75, 3.05) is 60.2 Å². The number of hydrogen-bond acceptors (Lipinski definition) is 4. The van der Waals surface area contributed by atoms with Gasteiger partial charge in [0.25, 0.3) is 0 Å². The van der Waals surface area contributed by atoms with Crippen molar-refractivity contribution in [1.82, 2.24) is 15.1 Å². The minimum atomic E-state index is 0.604. The molecule has 0 radical (unpaired) electrons. The molecule has 2 fully saturated rings. The zero-order chi connectivity index (χ0) is 18.2. The fourth-order valence-corrected chi connectivity index (χ4v) is 3.64. The molecule has 1 atom stereocenters. The average Bonchev–Trinajstić information content (AvgIpc) is 3.17. The molecule has 0 saturated carbocycles. The van der Waals surface area contributed by atoms with Crippen molar-refractivity contribution in [2.45, 2.75) is 19.5 Å². The SMILES string of the molecule is CN=C(NCc1ccccc1CN1CCOCC1)N(C)CC1CCOC1. The molecular weight excluding hydrogens is 328 g/mol. The maximum absolute atomic E-state index is 5.49. The van der Waals surface area contributed by atoms with Crippen LogP contribution in [0, 0.1) is 5.92 Å². The first-order chi connectivity index (χ1) is 12.8. The summed E-state index contributed by atoms with van der Waals surface area (Å²) in [5.41, 5.74) is 2.71. The summed E-state index contributed by atoms with van der Waals surface area (Å²) in [6.07, 6.45) is 1.14. The van der Waals surface area contributed by atoms with E-state index in [-0.39, 0.29) is 0 Å². The van der Waals surface area contributed by atoms with Crippen LogP contribution in [0.2, 0.25) is 0 Å². The monoisotopic (exact) mass is 360 g/mol. The summed E-state index contributed by atoms with van der Waals surface area (Å²) < 4.78 is 10.9. The lowest BCUT2D eigenvalue weighted by molar-refractivity contribution is 0.0341. The van der Waals surface area contributed by atoms with Gasteiger partial charge in [-0.3, -0.25) is 9.89 Å². The zero-order valence-electron chi connectivity index (χ0n) is 16.1. The molecule has 144 valence electrons. The summed E-state index contributed by atoms with van der Waals surface area (Å²) in [6.45, 7) is 8.20. The number of ether oxygens (including phenoxy) is 2. The van der Waals surface area contributed by atoms with Crippen molar-refractivity contribution in [3.63, 3.8) is 0 Å². The number of nitrogens with zero attached hydrogens (tertiary/aromatic N) is 3. The first kappa shape index (κ1) is 19.1. The Kier molecular flexibility index (Phi) is 7.29. The minimum absolute atomic E-state index is 0.604. The fourth-order valence-electron chi connectivity index (χ4n) is 3.64. The average molecular weight is 361 g/mol. The Morgan fingerprint density at radius 2 is 1.96 bits per heavy atom. The summed E-state index contributed by atoms with van der Waals surface area (Å²) in [7, 11) is 3.96. The van der Waals surface area contributed by atoms with Gasteiger partial charge >= 0.3 is 0 Å². The maximum atomic E-state index is 5.49. The first-order valence-corrected chi connectivity index (χ1v) is 9.62. The Morgan fingerprint density at radius 1 is 1.19 bits per heavy atom. The van der Waals surface area contributed by atoms with E-state index in [1.54, 1.807) is 0 Å². The van der Waals surface area contributed by atoms with E-state index in [2.05, 4.69) is 51.4 Å². The molecule has 0 aromatic heterocycles. The Balaban J connectivity index is 1.55. The molecule has 0 spiro atoms. The topological polar surface area (TPSA) is 49.3 Å². The summed E-state index contributed by atoms with van der Waals surface area (Å²) in [5, 5.41) is 3.53. The van der Waals surface area contributed by atoms with Crippen LogP contribution in [0.1, 0.15) is 17.5 Å². The Hall–Kier alpha value is -1.63. The van der Waals surface area contributed by atoms with Crippen LogP contribution < -0.4 is 5.32 Å². The van der Waals surface area contributed by atoms with Gasteiger partial charge in [-0.1, -0.05) is 24.3 Å². The van der Waals surface area contributed by atoms with Gasteiger partial charge in [-0.05, 0) is 17.5 Å². The second-order valence-electron chi connectivity index (χ2n) is 7.17. The molecular formula is C20H32N4O2. The first-order valence-electron chi connectivity index (χ1n) is 9.62. The molecule has 1 aromatic carbocycles. The number of hydrogen-bond donors (Lipinski definition) is 1. The van der Waals surface area contributed by atoms with Gasteiger partial charge in [0, 0.05) is 59.3 Å². The van der Waals surface area contributed by atoms with Crippen molar-refractivity contribution in [1.29, 1.82) is 0 Å². The van der Waals surface area contributed by atoms with E-state index < -0.39 is 0 Å². The molecule has 2 heterocycles. The van der Waals surface area contributed by atoms with Crippen LogP contribution in [-0.2, 0) is 22.6 Å². The lowest BCUT2D eigenvalue weighted by Gasteiger charge is -2.28. The van der Waals surface area contributed by atoms with Crippen LogP contribution in [0.4, 0.5) is 0 Å². The molecule has 6 nitrogen and oxygen atoms in total. The molecule has 2 saturated heterocycles. The number of morpholine rings is 1. The number of guanidine groups is 1. The molecule has 1 N–H and O–H groups in total. The summed E-state index contributed by atoms with van der Waals surface area (Å²) in [4.78, 5) is 9.13. The second-order valence-corrected chi connectivity index (χ2v) is 7.17. The van der Waals surface area contributed by atoms with Gasteiger partial charge in [-0.2, -0.15) is 0 Å². The Bertz CT molecular complexity index is 581. The number of aliphatic imine (C=N–C) groups is 1. The van der Waals surface area contributed by atoms with Crippen molar-refractivity contribution in [3.8, 4) is 0 Å². The molecule has 0 aliphatic carbocycles. The maximum Gasteiger partial charge on any atom is 0.193 e.